The van der Waals surface area contributed by atoms with Crippen LogP contribution in [0.4, 0.5) is 0 Å². The van der Waals surface area contributed by atoms with Crippen molar-refractivity contribution in [3.63, 3.8) is 0 Å². The molecule has 1 aliphatic rings. The van der Waals surface area contributed by atoms with Crippen LogP contribution in [-0.2, 0) is 4.74 Å². The average Bonchev–Trinajstić information content (AvgIpc) is 1.89. The third-order valence-corrected chi connectivity index (χ3v) is 1.69. The lowest BCUT2D eigenvalue weighted by Gasteiger charge is -2.26. The molecule has 3 heteroatoms. The summed E-state index contributed by atoms with van der Waals surface area (Å²) < 4.78 is 5.12. The molecular weight excluding hydrogens is 118 g/mol. The number of aliphatic hydroxyl groups is 1. The molecule has 54 valence electrons. The first-order valence-corrected chi connectivity index (χ1v) is 3.27. The first kappa shape index (κ1) is 6.99. The second-order valence-corrected chi connectivity index (χ2v) is 2.33. The van der Waals surface area contributed by atoms with E-state index in [1.54, 1.807) is 0 Å². The zero-order valence-electron chi connectivity index (χ0n) is 5.63. The van der Waals surface area contributed by atoms with Gasteiger partial charge in [0, 0.05) is 6.61 Å². The van der Waals surface area contributed by atoms with Gasteiger partial charge in [-0.1, -0.05) is 0 Å². The molecule has 0 unspecified atom stereocenters. The molecule has 0 spiro atoms. The minimum absolute atomic E-state index is 0.138. The third kappa shape index (κ3) is 1.64. The minimum Gasteiger partial charge on any atom is -0.391 e. The van der Waals surface area contributed by atoms with E-state index < -0.39 is 0 Å². The lowest BCUT2D eigenvalue weighted by molar-refractivity contribution is -0.0130. The van der Waals surface area contributed by atoms with Gasteiger partial charge >= 0.3 is 0 Å². The Morgan fingerprint density at radius 2 is 2.44 bits per heavy atom. The van der Waals surface area contributed by atoms with E-state index >= 15 is 0 Å². The number of hydrogen-bond acceptors (Lipinski definition) is 3. The molecule has 3 nitrogen and oxygen atoms in total. The van der Waals surface area contributed by atoms with Crippen LogP contribution in [0, 0.1) is 0 Å². The van der Waals surface area contributed by atoms with Crippen LogP contribution in [-0.4, -0.2) is 37.5 Å². The van der Waals surface area contributed by atoms with E-state index in [0.29, 0.717) is 13.2 Å². The summed E-state index contributed by atoms with van der Waals surface area (Å²) in [5.41, 5.74) is 0. The molecule has 0 aromatic rings. The van der Waals surface area contributed by atoms with Crippen LogP contribution in [0.3, 0.4) is 0 Å². The summed E-state index contributed by atoms with van der Waals surface area (Å²) in [6.45, 7) is 1.33. The van der Waals surface area contributed by atoms with Crippen molar-refractivity contribution in [1.82, 2.24) is 5.32 Å². The largest absolute Gasteiger partial charge is 0.391 e. The molecule has 1 aliphatic heterocycles. The lowest BCUT2D eigenvalue weighted by Crippen LogP contribution is -2.45. The highest BCUT2D eigenvalue weighted by Crippen LogP contribution is 2.05. The van der Waals surface area contributed by atoms with E-state index in [1.807, 2.05) is 7.05 Å². The number of hydrogen-bond donors (Lipinski definition) is 2. The maximum absolute atomic E-state index is 9.23. The second-order valence-electron chi connectivity index (χ2n) is 2.33. The second kappa shape index (κ2) is 3.15. The van der Waals surface area contributed by atoms with Crippen LogP contribution in [0.15, 0.2) is 0 Å². The fraction of sp³-hybridized carbons (Fsp3) is 1.00. The zero-order valence-corrected chi connectivity index (χ0v) is 5.63. The van der Waals surface area contributed by atoms with Gasteiger partial charge in [-0.25, -0.2) is 0 Å². The zero-order chi connectivity index (χ0) is 6.69. The highest BCUT2D eigenvalue weighted by molar-refractivity contribution is 4.76. The van der Waals surface area contributed by atoms with Gasteiger partial charge in [-0.15, -0.1) is 0 Å². The predicted octanol–water partition coefficient (Wildman–Crippen LogP) is -0.644. The SMILES string of the molecule is CN[C@@H]1COCC[C@H]1O. The Balaban J connectivity index is 2.30. The van der Waals surface area contributed by atoms with Gasteiger partial charge in [0.2, 0.25) is 0 Å². The summed E-state index contributed by atoms with van der Waals surface area (Å²) in [5, 5.41) is 12.2. The van der Waals surface area contributed by atoms with Gasteiger partial charge in [0.15, 0.2) is 0 Å². The molecule has 0 saturated carbocycles. The quantitative estimate of drug-likeness (QED) is 0.497. The van der Waals surface area contributed by atoms with Gasteiger partial charge in [-0.05, 0) is 13.5 Å². The summed E-state index contributed by atoms with van der Waals surface area (Å²) in [5.74, 6) is 0. The molecular formula is C6H13NO2. The Labute approximate surface area is 55.0 Å². The number of ether oxygens (including phenoxy) is 1. The molecule has 0 bridgehead atoms. The normalized spacial score (nSPS) is 36.7. The lowest BCUT2D eigenvalue weighted by atomic mass is 10.1. The Bertz CT molecular complexity index is 87.1. The number of nitrogens with one attached hydrogen (secondary N) is 1. The standard InChI is InChI=1S/C6H13NO2/c1-7-5-4-9-3-2-6(5)8/h5-8H,2-4H2,1H3/t5-,6-/m1/s1. The summed E-state index contributed by atoms with van der Waals surface area (Å²) >= 11 is 0. The van der Waals surface area contributed by atoms with Crippen molar-refractivity contribution in [3.8, 4) is 0 Å². The highest BCUT2D eigenvalue weighted by Gasteiger charge is 2.21. The van der Waals surface area contributed by atoms with Crippen molar-refractivity contribution in [3.05, 3.63) is 0 Å². The summed E-state index contributed by atoms with van der Waals surface area (Å²) in [6, 6.07) is 0.138. The first-order chi connectivity index (χ1) is 4.34. The predicted molar refractivity (Wildman–Crippen MR) is 34.3 cm³/mol. The first-order valence-electron chi connectivity index (χ1n) is 3.27. The van der Waals surface area contributed by atoms with Gasteiger partial charge in [0.05, 0.1) is 18.8 Å². The van der Waals surface area contributed by atoms with Crippen molar-refractivity contribution in [2.75, 3.05) is 20.3 Å². The summed E-state index contributed by atoms with van der Waals surface area (Å²) in [7, 11) is 1.84. The van der Waals surface area contributed by atoms with Gasteiger partial charge in [0.1, 0.15) is 0 Å². The summed E-state index contributed by atoms with van der Waals surface area (Å²) in [6.07, 6.45) is 0.537. The van der Waals surface area contributed by atoms with Crippen molar-refractivity contribution in [2.45, 2.75) is 18.6 Å². The molecule has 2 atom stereocenters. The molecule has 1 fully saturated rings. The Hall–Kier alpha value is -0.120. The third-order valence-electron chi connectivity index (χ3n) is 1.69. The van der Waals surface area contributed by atoms with Gasteiger partial charge in [0.25, 0.3) is 0 Å². The fourth-order valence-electron chi connectivity index (χ4n) is 1.00. The van der Waals surface area contributed by atoms with E-state index in [4.69, 9.17) is 4.74 Å². The minimum atomic E-state index is -0.219. The van der Waals surface area contributed by atoms with E-state index in [2.05, 4.69) is 5.32 Å². The van der Waals surface area contributed by atoms with Gasteiger partial charge in [-0.3, -0.25) is 0 Å². The van der Waals surface area contributed by atoms with E-state index in [9.17, 15) is 5.11 Å². The molecule has 0 aromatic heterocycles. The molecule has 0 aliphatic carbocycles. The fourth-order valence-corrected chi connectivity index (χ4v) is 1.00. The monoisotopic (exact) mass is 131 g/mol. The molecule has 1 rings (SSSR count). The van der Waals surface area contributed by atoms with E-state index in [1.165, 1.54) is 0 Å². The maximum Gasteiger partial charge on any atom is 0.0737 e. The average molecular weight is 131 g/mol. The molecule has 0 radical (unpaired) electrons. The van der Waals surface area contributed by atoms with E-state index in [-0.39, 0.29) is 12.1 Å². The Morgan fingerprint density at radius 1 is 1.67 bits per heavy atom. The van der Waals surface area contributed by atoms with Crippen LogP contribution in [0.2, 0.25) is 0 Å². The van der Waals surface area contributed by atoms with Crippen molar-refractivity contribution in [2.24, 2.45) is 0 Å². The van der Waals surface area contributed by atoms with E-state index in [0.717, 1.165) is 6.42 Å². The van der Waals surface area contributed by atoms with Crippen molar-refractivity contribution >= 4 is 0 Å². The molecule has 9 heavy (non-hydrogen) atoms. The van der Waals surface area contributed by atoms with Gasteiger partial charge < -0.3 is 15.2 Å². The molecule has 1 heterocycles. The smallest absolute Gasteiger partial charge is 0.0737 e. The van der Waals surface area contributed by atoms with Crippen LogP contribution < -0.4 is 5.32 Å². The van der Waals surface area contributed by atoms with Crippen molar-refractivity contribution < 1.29 is 9.84 Å². The van der Waals surface area contributed by atoms with Crippen LogP contribution in [0.25, 0.3) is 0 Å². The van der Waals surface area contributed by atoms with Crippen LogP contribution in [0.5, 0.6) is 0 Å². The molecule has 1 saturated heterocycles. The highest BCUT2D eigenvalue weighted by atomic mass is 16.5. The molecule has 0 aromatic carbocycles. The number of aliphatic hydroxyl groups excluding tert-OH is 1. The number of rotatable bonds is 1. The van der Waals surface area contributed by atoms with Crippen LogP contribution in [0.1, 0.15) is 6.42 Å². The van der Waals surface area contributed by atoms with Gasteiger partial charge in [-0.2, -0.15) is 0 Å². The van der Waals surface area contributed by atoms with Crippen molar-refractivity contribution in [1.29, 1.82) is 0 Å². The molecule has 2 N–H and O–H groups in total. The Morgan fingerprint density at radius 3 is 2.89 bits per heavy atom. The molecule has 0 amide bonds. The summed E-state index contributed by atoms with van der Waals surface area (Å²) in [4.78, 5) is 0. The number of likely N-dealkylation sites (N-methyl/N-ethyl adjacent to an activating group) is 1. The Kier molecular flexibility index (Phi) is 2.45. The topological polar surface area (TPSA) is 41.5 Å². The van der Waals surface area contributed by atoms with Crippen LogP contribution >= 0.6 is 0 Å². The maximum atomic E-state index is 9.23.